The van der Waals surface area contributed by atoms with Gasteiger partial charge in [-0.05, 0) is 43.6 Å². The van der Waals surface area contributed by atoms with Crippen molar-refractivity contribution in [1.82, 2.24) is 19.6 Å². The van der Waals surface area contributed by atoms with Crippen LogP contribution >= 0.6 is 15.9 Å². The zero-order valence-corrected chi connectivity index (χ0v) is 13.8. The molecule has 1 N–H and O–H groups in total. The van der Waals surface area contributed by atoms with Crippen molar-refractivity contribution in [3.05, 3.63) is 27.8 Å². The number of rotatable bonds is 3. The maximum absolute atomic E-state index is 12.3. The van der Waals surface area contributed by atoms with Gasteiger partial charge in [-0.2, -0.15) is 10.2 Å². The van der Waals surface area contributed by atoms with Crippen LogP contribution in [0, 0.1) is 20.8 Å². The molecular weight excluding hydrogens is 322 g/mol. The highest BCUT2D eigenvalue weighted by molar-refractivity contribution is 9.10. The largest absolute Gasteiger partial charge is 0.321 e. The molecule has 2 rings (SSSR count). The van der Waals surface area contributed by atoms with Crippen molar-refractivity contribution in [1.29, 1.82) is 0 Å². The lowest BCUT2D eigenvalue weighted by molar-refractivity contribution is -0.119. The standard InChI is InChI=1S/C13H18BrN5O/c1-7-11(6-18(5)16-7)15-13(20)10(4)19-9(3)12(14)8(2)17-19/h6,10H,1-5H3,(H,15,20). The molecule has 2 heterocycles. The van der Waals surface area contributed by atoms with E-state index in [1.165, 1.54) is 0 Å². The Morgan fingerprint density at radius 3 is 2.40 bits per heavy atom. The van der Waals surface area contributed by atoms with Crippen molar-refractivity contribution < 1.29 is 4.79 Å². The van der Waals surface area contributed by atoms with Gasteiger partial charge in [0.1, 0.15) is 6.04 Å². The highest BCUT2D eigenvalue weighted by atomic mass is 79.9. The van der Waals surface area contributed by atoms with Gasteiger partial charge in [-0.3, -0.25) is 14.2 Å². The highest BCUT2D eigenvalue weighted by Crippen LogP contribution is 2.23. The number of halogens is 1. The fourth-order valence-corrected chi connectivity index (χ4v) is 2.35. The minimum Gasteiger partial charge on any atom is -0.321 e. The van der Waals surface area contributed by atoms with Crippen LogP contribution in [0.1, 0.15) is 30.0 Å². The van der Waals surface area contributed by atoms with E-state index in [4.69, 9.17) is 0 Å². The van der Waals surface area contributed by atoms with E-state index in [0.29, 0.717) is 0 Å². The summed E-state index contributed by atoms with van der Waals surface area (Å²) in [4.78, 5) is 12.3. The van der Waals surface area contributed by atoms with E-state index in [2.05, 4.69) is 31.4 Å². The molecular formula is C13H18BrN5O. The second-order valence-corrected chi connectivity index (χ2v) is 5.69. The number of hydrogen-bond acceptors (Lipinski definition) is 3. The Kier molecular flexibility index (Phi) is 3.99. The van der Waals surface area contributed by atoms with Gasteiger partial charge in [-0.15, -0.1) is 0 Å². The molecule has 0 aliphatic carbocycles. The van der Waals surface area contributed by atoms with Gasteiger partial charge in [-0.25, -0.2) is 0 Å². The van der Waals surface area contributed by atoms with Crippen molar-refractivity contribution >= 4 is 27.5 Å². The first-order valence-corrected chi connectivity index (χ1v) is 7.13. The number of nitrogens with one attached hydrogen (secondary N) is 1. The van der Waals surface area contributed by atoms with Crippen LogP contribution < -0.4 is 5.32 Å². The fourth-order valence-electron chi connectivity index (χ4n) is 2.09. The predicted molar refractivity (Wildman–Crippen MR) is 80.7 cm³/mol. The Balaban J connectivity index is 2.20. The van der Waals surface area contributed by atoms with Gasteiger partial charge in [0.25, 0.3) is 0 Å². The minimum atomic E-state index is -0.389. The molecule has 0 saturated heterocycles. The SMILES string of the molecule is Cc1nn(C)cc1NC(=O)C(C)n1nc(C)c(Br)c1C. The third kappa shape index (κ3) is 2.63. The topological polar surface area (TPSA) is 64.7 Å². The van der Waals surface area contributed by atoms with E-state index in [0.717, 1.165) is 27.2 Å². The Morgan fingerprint density at radius 2 is 1.95 bits per heavy atom. The number of nitrogens with zero attached hydrogens (tertiary/aromatic N) is 4. The van der Waals surface area contributed by atoms with E-state index in [1.807, 2.05) is 34.7 Å². The number of carbonyl (C=O) groups is 1. The van der Waals surface area contributed by atoms with Gasteiger partial charge in [0.15, 0.2) is 0 Å². The van der Waals surface area contributed by atoms with E-state index in [-0.39, 0.29) is 11.9 Å². The molecule has 0 radical (unpaired) electrons. The summed E-state index contributed by atoms with van der Waals surface area (Å²) in [7, 11) is 1.82. The summed E-state index contributed by atoms with van der Waals surface area (Å²) in [6, 6.07) is -0.389. The van der Waals surface area contributed by atoms with Crippen LogP contribution in [0.5, 0.6) is 0 Å². The molecule has 0 fully saturated rings. The van der Waals surface area contributed by atoms with E-state index in [9.17, 15) is 4.79 Å². The summed E-state index contributed by atoms with van der Waals surface area (Å²) in [5.41, 5.74) is 3.33. The lowest BCUT2D eigenvalue weighted by Crippen LogP contribution is -2.25. The molecule has 0 saturated carbocycles. The van der Waals surface area contributed by atoms with Crippen LogP contribution in [0.3, 0.4) is 0 Å². The quantitative estimate of drug-likeness (QED) is 0.934. The molecule has 0 bridgehead atoms. The van der Waals surface area contributed by atoms with Gasteiger partial charge in [0, 0.05) is 13.2 Å². The Bertz CT molecular complexity index is 658. The molecule has 7 heteroatoms. The molecule has 1 unspecified atom stereocenters. The van der Waals surface area contributed by atoms with Crippen LogP contribution in [-0.4, -0.2) is 25.5 Å². The molecule has 1 atom stereocenters. The zero-order valence-electron chi connectivity index (χ0n) is 12.2. The van der Waals surface area contributed by atoms with Crippen LogP contribution in [0.4, 0.5) is 5.69 Å². The summed E-state index contributed by atoms with van der Waals surface area (Å²) < 4.78 is 4.34. The number of aryl methyl sites for hydroxylation is 3. The highest BCUT2D eigenvalue weighted by Gasteiger charge is 2.21. The van der Waals surface area contributed by atoms with Gasteiger partial charge >= 0.3 is 0 Å². The van der Waals surface area contributed by atoms with Crippen molar-refractivity contribution in [3.8, 4) is 0 Å². The van der Waals surface area contributed by atoms with Crippen molar-refractivity contribution in [3.63, 3.8) is 0 Å². The normalized spacial score (nSPS) is 12.5. The third-order valence-electron chi connectivity index (χ3n) is 3.25. The number of amides is 1. The van der Waals surface area contributed by atoms with E-state index >= 15 is 0 Å². The molecule has 2 aromatic heterocycles. The van der Waals surface area contributed by atoms with Crippen LogP contribution in [-0.2, 0) is 11.8 Å². The Hall–Kier alpha value is -1.63. The lowest BCUT2D eigenvalue weighted by Gasteiger charge is -2.14. The van der Waals surface area contributed by atoms with Crippen LogP contribution in [0.25, 0.3) is 0 Å². The summed E-state index contributed by atoms with van der Waals surface area (Å²) in [5.74, 6) is -0.112. The second-order valence-electron chi connectivity index (χ2n) is 4.90. The van der Waals surface area contributed by atoms with E-state index in [1.54, 1.807) is 15.6 Å². The predicted octanol–water partition coefficient (Wildman–Crippen LogP) is 2.50. The molecule has 1 amide bonds. The third-order valence-corrected chi connectivity index (χ3v) is 4.40. The maximum atomic E-state index is 12.3. The lowest BCUT2D eigenvalue weighted by atomic mass is 10.3. The number of aromatic nitrogens is 4. The maximum Gasteiger partial charge on any atom is 0.249 e. The molecule has 0 aromatic carbocycles. The summed E-state index contributed by atoms with van der Waals surface area (Å²) in [5, 5.41) is 11.5. The molecule has 0 aliphatic rings. The van der Waals surface area contributed by atoms with Gasteiger partial charge in [-0.1, -0.05) is 0 Å². The summed E-state index contributed by atoms with van der Waals surface area (Å²) in [6.45, 7) is 7.53. The molecule has 2 aromatic rings. The Labute approximate surface area is 126 Å². The average Bonchev–Trinajstić information content (AvgIpc) is 2.82. The number of anilines is 1. The smallest absolute Gasteiger partial charge is 0.249 e. The zero-order chi connectivity index (χ0) is 15.0. The molecule has 20 heavy (non-hydrogen) atoms. The molecule has 6 nitrogen and oxygen atoms in total. The van der Waals surface area contributed by atoms with Crippen molar-refractivity contribution in [2.75, 3.05) is 5.32 Å². The average molecular weight is 340 g/mol. The fraction of sp³-hybridized carbons (Fsp3) is 0.462. The summed E-state index contributed by atoms with van der Waals surface area (Å²) >= 11 is 3.47. The van der Waals surface area contributed by atoms with Crippen molar-refractivity contribution in [2.45, 2.75) is 33.7 Å². The first-order chi connectivity index (χ1) is 9.31. The molecule has 0 aliphatic heterocycles. The molecule has 108 valence electrons. The van der Waals surface area contributed by atoms with E-state index < -0.39 is 0 Å². The second kappa shape index (κ2) is 5.40. The number of hydrogen-bond donors (Lipinski definition) is 1. The Morgan fingerprint density at radius 1 is 1.30 bits per heavy atom. The van der Waals surface area contributed by atoms with Gasteiger partial charge in [0.2, 0.25) is 5.91 Å². The first kappa shape index (κ1) is 14.8. The summed E-state index contributed by atoms with van der Waals surface area (Å²) in [6.07, 6.45) is 1.79. The van der Waals surface area contributed by atoms with Crippen LogP contribution in [0.2, 0.25) is 0 Å². The number of carbonyl (C=O) groups excluding carboxylic acids is 1. The molecule has 0 spiro atoms. The van der Waals surface area contributed by atoms with Gasteiger partial charge in [0.05, 0.1) is 27.2 Å². The monoisotopic (exact) mass is 339 g/mol. The van der Waals surface area contributed by atoms with Gasteiger partial charge < -0.3 is 5.32 Å². The minimum absolute atomic E-state index is 0.112. The first-order valence-electron chi connectivity index (χ1n) is 6.33. The van der Waals surface area contributed by atoms with Crippen molar-refractivity contribution in [2.24, 2.45) is 7.05 Å². The van der Waals surface area contributed by atoms with Crippen LogP contribution in [0.15, 0.2) is 10.7 Å².